The molecule has 0 aromatic carbocycles. The first-order valence-corrected chi connectivity index (χ1v) is 34.7. The molecule has 0 heterocycles. The largest absolute Gasteiger partial charge is 0.462 e. The summed E-state index contributed by atoms with van der Waals surface area (Å²) in [6.07, 6.45) is 99.0. The third-order valence-corrected chi connectivity index (χ3v) is 14.6. The second-order valence-electron chi connectivity index (χ2n) is 22.7. The average Bonchev–Trinajstić information content (AvgIpc) is 3.49. The van der Waals surface area contributed by atoms with E-state index in [1.807, 2.05) is 0 Å². The lowest BCUT2D eigenvalue weighted by molar-refractivity contribution is -0.167. The van der Waals surface area contributed by atoms with E-state index in [9.17, 15) is 14.4 Å². The predicted octanol–water partition coefficient (Wildman–Crippen LogP) is 24.1. The fourth-order valence-electron chi connectivity index (χ4n) is 9.49. The van der Waals surface area contributed by atoms with Gasteiger partial charge in [0.05, 0.1) is 0 Å². The van der Waals surface area contributed by atoms with Gasteiger partial charge in [-0.2, -0.15) is 0 Å². The van der Waals surface area contributed by atoms with Gasteiger partial charge in [0.25, 0.3) is 0 Å². The van der Waals surface area contributed by atoms with Crippen molar-refractivity contribution in [3.63, 3.8) is 0 Å². The molecule has 0 saturated carbocycles. The smallest absolute Gasteiger partial charge is 0.306 e. The third-order valence-electron chi connectivity index (χ3n) is 14.6. The molecule has 1 atom stereocenters. The number of carbonyl (C=O) groups is 3. The first-order valence-electron chi connectivity index (χ1n) is 34.7. The van der Waals surface area contributed by atoms with Gasteiger partial charge in [-0.1, -0.05) is 296 Å². The van der Waals surface area contributed by atoms with E-state index >= 15 is 0 Å². The first-order chi connectivity index (χ1) is 41.0. The van der Waals surface area contributed by atoms with Crippen molar-refractivity contribution in [3.8, 4) is 0 Å². The van der Waals surface area contributed by atoms with Gasteiger partial charge >= 0.3 is 17.9 Å². The minimum atomic E-state index is -0.804. The maximum atomic E-state index is 13.0. The van der Waals surface area contributed by atoms with Crippen LogP contribution < -0.4 is 0 Å². The van der Waals surface area contributed by atoms with E-state index in [-0.39, 0.29) is 31.1 Å². The minimum absolute atomic E-state index is 0.0955. The van der Waals surface area contributed by atoms with Crippen molar-refractivity contribution in [1.82, 2.24) is 0 Å². The van der Waals surface area contributed by atoms with Gasteiger partial charge in [0.15, 0.2) is 6.10 Å². The van der Waals surface area contributed by atoms with Crippen LogP contribution in [0.25, 0.3) is 0 Å². The highest BCUT2D eigenvalue weighted by molar-refractivity contribution is 5.71. The molecule has 0 radical (unpaired) electrons. The maximum absolute atomic E-state index is 13.0. The van der Waals surface area contributed by atoms with Crippen molar-refractivity contribution >= 4 is 17.9 Å². The van der Waals surface area contributed by atoms with Crippen LogP contribution >= 0.6 is 0 Å². The van der Waals surface area contributed by atoms with Crippen molar-refractivity contribution in [1.29, 1.82) is 0 Å². The van der Waals surface area contributed by atoms with Crippen LogP contribution in [-0.4, -0.2) is 37.2 Å². The first kappa shape index (κ1) is 78.5. The summed E-state index contributed by atoms with van der Waals surface area (Å²) >= 11 is 0. The molecule has 6 heteroatoms. The molecule has 0 spiro atoms. The maximum Gasteiger partial charge on any atom is 0.306 e. The molecule has 0 bridgehead atoms. The molecule has 1 unspecified atom stereocenters. The van der Waals surface area contributed by atoms with Crippen LogP contribution in [0.5, 0.6) is 0 Å². The molecule has 0 aromatic rings. The zero-order valence-corrected chi connectivity index (χ0v) is 54.2. The summed E-state index contributed by atoms with van der Waals surface area (Å²) in [5.74, 6) is -0.936. The Balaban J connectivity index is 4.35. The molecular weight excluding hydrogens is 1020 g/mol. The molecule has 0 aliphatic carbocycles. The van der Waals surface area contributed by atoms with Crippen molar-refractivity contribution in [2.45, 2.75) is 322 Å². The van der Waals surface area contributed by atoms with Crippen LogP contribution in [0.4, 0.5) is 0 Å². The van der Waals surface area contributed by atoms with E-state index in [1.54, 1.807) is 0 Å². The van der Waals surface area contributed by atoms with Crippen LogP contribution in [0.2, 0.25) is 0 Å². The normalized spacial score (nSPS) is 13.0. The zero-order valence-electron chi connectivity index (χ0n) is 54.2. The zero-order chi connectivity index (χ0) is 59.9. The fraction of sp³-hybridized carbons (Fsp3) is 0.675. The number of allylic oxidation sites excluding steroid dienone is 22. The topological polar surface area (TPSA) is 78.9 Å². The van der Waals surface area contributed by atoms with Gasteiger partial charge < -0.3 is 14.2 Å². The quantitative estimate of drug-likeness (QED) is 0.0261. The van der Waals surface area contributed by atoms with Gasteiger partial charge in [-0.25, -0.2) is 0 Å². The average molecular weight is 1150 g/mol. The lowest BCUT2D eigenvalue weighted by Crippen LogP contribution is -2.30. The van der Waals surface area contributed by atoms with Gasteiger partial charge in [0.1, 0.15) is 13.2 Å². The van der Waals surface area contributed by atoms with Crippen molar-refractivity contribution in [3.05, 3.63) is 134 Å². The molecule has 472 valence electrons. The molecular formula is C77H128O6. The molecule has 0 N–H and O–H groups in total. The number of unbranched alkanes of at least 4 members (excludes halogenated alkanes) is 29. The number of hydrogen-bond acceptors (Lipinski definition) is 6. The van der Waals surface area contributed by atoms with E-state index in [0.29, 0.717) is 19.3 Å². The number of esters is 3. The Morgan fingerprint density at radius 2 is 0.470 bits per heavy atom. The van der Waals surface area contributed by atoms with Crippen LogP contribution in [-0.2, 0) is 28.6 Å². The molecule has 0 fully saturated rings. The van der Waals surface area contributed by atoms with Gasteiger partial charge in [-0.3, -0.25) is 14.4 Å². The molecule has 83 heavy (non-hydrogen) atoms. The highest BCUT2D eigenvalue weighted by atomic mass is 16.6. The summed E-state index contributed by atoms with van der Waals surface area (Å²) in [4.78, 5) is 38.4. The SMILES string of the molecule is CC/C=C\C/C=C\C/C=C\C/C=C\C/C=C\CCCCCCCCCCCCCCCC(=O)OCC(COC(=O)CCCC/C=C\C/C=C\C/C=C\C/C=C\CC)OC(=O)CCCCCCCCCCC/C=C\C/C=C\CCCCCCC. The molecule has 0 aromatic heterocycles. The van der Waals surface area contributed by atoms with Crippen molar-refractivity contribution in [2.24, 2.45) is 0 Å². The number of ether oxygens (including phenoxy) is 3. The van der Waals surface area contributed by atoms with Crippen LogP contribution in [0.1, 0.15) is 316 Å². The second-order valence-corrected chi connectivity index (χ2v) is 22.7. The minimum Gasteiger partial charge on any atom is -0.462 e. The van der Waals surface area contributed by atoms with Gasteiger partial charge in [0, 0.05) is 19.3 Å². The summed E-state index contributed by atoms with van der Waals surface area (Å²) < 4.78 is 16.9. The van der Waals surface area contributed by atoms with Gasteiger partial charge in [-0.15, -0.1) is 0 Å². The van der Waals surface area contributed by atoms with E-state index < -0.39 is 6.10 Å². The summed E-state index contributed by atoms with van der Waals surface area (Å²) in [5, 5.41) is 0. The Bertz CT molecular complexity index is 1750. The fourth-order valence-corrected chi connectivity index (χ4v) is 9.49. The Labute approximate surface area is 513 Å². The molecule has 0 amide bonds. The Kier molecular flexibility index (Phi) is 66.3. The second kappa shape index (κ2) is 70.0. The summed E-state index contributed by atoms with van der Waals surface area (Å²) in [5.41, 5.74) is 0. The molecule has 0 aliphatic heterocycles. The molecule has 0 rings (SSSR count). The van der Waals surface area contributed by atoms with Crippen LogP contribution in [0, 0.1) is 0 Å². The predicted molar refractivity (Wildman–Crippen MR) is 362 cm³/mol. The number of rotatable bonds is 62. The Hall–Kier alpha value is -4.45. The van der Waals surface area contributed by atoms with Crippen LogP contribution in [0.3, 0.4) is 0 Å². The van der Waals surface area contributed by atoms with Gasteiger partial charge in [0.2, 0.25) is 0 Å². The van der Waals surface area contributed by atoms with Crippen molar-refractivity contribution in [2.75, 3.05) is 13.2 Å². The van der Waals surface area contributed by atoms with E-state index in [0.717, 1.165) is 122 Å². The monoisotopic (exact) mass is 1150 g/mol. The van der Waals surface area contributed by atoms with Crippen molar-refractivity contribution < 1.29 is 28.6 Å². The Morgan fingerprint density at radius 1 is 0.253 bits per heavy atom. The molecule has 0 saturated heterocycles. The lowest BCUT2D eigenvalue weighted by atomic mass is 10.0. The van der Waals surface area contributed by atoms with Crippen LogP contribution in [0.15, 0.2) is 134 Å². The number of hydrogen-bond donors (Lipinski definition) is 0. The highest BCUT2D eigenvalue weighted by Gasteiger charge is 2.19. The third kappa shape index (κ3) is 68.2. The Morgan fingerprint density at radius 3 is 0.759 bits per heavy atom. The van der Waals surface area contributed by atoms with E-state index in [1.165, 1.54) is 154 Å². The summed E-state index contributed by atoms with van der Waals surface area (Å²) in [7, 11) is 0. The number of carbonyl (C=O) groups excluding carboxylic acids is 3. The standard InChI is InChI=1S/C77H128O6/c1-4-7-10-13-16-19-22-25-28-30-32-34-35-36-37-38-39-40-41-43-44-46-49-52-55-58-61-64-67-70-76(79)82-73-74(72-81-75(78)69-66-63-60-57-54-51-48-27-24-21-18-15-12-9-6-3)83-77(80)71-68-65-62-59-56-53-50-47-45-42-33-31-29-26-23-20-17-14-11-8-5-2/h7,9-10,12,16,18-19,21,23,25-28,31-34,36-37,48,54,57,74H,4-6,8,11,13-15,17,20,22,24,29-30,35,38-47,49-53,55-56,58-73H2,1-3H3/b10-7-,12-9-,19-16-,21-18-,26-23-,28-25-,33-31-,34-32-,37-36-,48-27-,57-54-. The molecule has 6 nitrogen and oxygen atoms in total. The van der Waals surface area contributed by atoms with Gasteiger partial charge in [-0.05, 0) is 135 Å². The lowest BCUT2D eigenvalue weighted by Gasteiger charge is -2.18. The summed E-state index contributed by atoms with van der Waals surface area (Å²) in [6.45, 7) is 6.39. The highest BCUT2D eigenvalue weighted by Crippen LogP contribution is 2.16. The van der Waals surface area contributed by atoms with E-state index in [2.05, 4.69) is 154 Å². The molecule has 0 aliphatic rings. The van der Waals surface area contributed by atoms with E-state index in [4.69, 9.17) is 14.2 Å². The summed E-state index contributed by atoms with van der Waals surface area (Å²) in [6, 6.07) is 0.